The normalized spacial score (nSPS) is 10.1. The molecule has 0 bridgehead atoms. The third-order valence-corrected chi connectivity index (χ3v) is 2.37. The van der Waals surface area contributed by atoms with E-state index in [2.05, 4.69) is 0 Å². The van der Waals surface area contributed by atoms with Gasteiger partial charge in [0.2, 0.25) is 0 Å². The fraction of sp³-hybridized carbons (Fsp3) is 0.0769. The van der Waals surface area contributed by atoms with Crippen LogP contribution in [0.1, 0.15) is 17.2 Å². The van der Waals surface area contributed by atoms with Gasteiger partial charge in [0.25, 0.3) is 0 Å². The SMILES string of the molecule is OC(c1ccc(F)cc1)c1ccc(F)cc1.[Cl-]. The van der Waals surface area contributed by atoms with Crippen molar-refractivity contribution in [1.29, 1.82) is 0 Å². The van der Waals surface area contributed by atoms with Crippen LogP contribution >= 0.6 is 0 Å². The Hall–Kier alpha value is -1.45. The molecular formula is C13H10ClF2O-. The summed E-state index contributed by atoms with van der Waals surface area (Å²) in [5, 5.41) is 9.93. The lowest BCUT2D eigenvalue weighted by molar-refractivity contribution is -0.00000578. The maximum absolute atomic E-state index is 12.7. The molecule has 2 aromatic carbocycles. The van der Waals surface area contributed by atoms with Crippen LogP contribution in [-0.4, -0.2) is 5.11 Å². The molecule has 2 rings (SSSR count). The van der Waals surface area contributed by atoms with Crippen LogP contribution < -0.4 is 12.4 Å². The first-order valence-electron chi connectivity index (χ1n) is 4.86. The summed E-state index contributed by atoms with van der Waals surface area (Å²) < 4.78 is 25.3. The zero-order valence-electron chi connectivity index (χ0n) is 8.78. The van der Waals surface area contributed by atoms with Crippen LogP contribution in [0.15, 0.2) is 48.5 Å². The van der Waals surface area contributed by atoms with Gasteiger partial charge >= 0.3 is 0 Å². The van der Waals surface area contributed by atoms with Crippen molar-refractivity contribution in [2.45, 2.75) is 6.10 Å². The molecule has 0 amide bonds. The molecule has 0 atom stereocenters. The number of hydrogen-bond donors (Lipinski definition) is 1. The van der Waals surface area contributed by atoms with Crippen molar-refractivity contribution in [3.63, 3.8) is 0 Å². The van der Waals surface area contributed by atoms with E-state index in [1.54, 1.807) is 0 Å². The minimum absolute atomic E-state index is 0. The molecule has 0 aliphatic heterocycles. The Morgan fingerprint density at radius 1 is 0.706 bits per heavy atom. The van der Waals surface area contributed by atoms with Crippen molar-refractivity contribution in [2.24, 2.45) is 0 Å². The smallest absolute Gasteiger partial charge is 0.123 e. The molecule has 17 heavy (non-hydrogen) atoms. The van der Waals surface area contributed by atoms with Crippen molar-refractivity contribution in [3.05, 3.63) is 71.3 Å². The molecule has 1 nitrogen and oxygen atoms in total. The monoisotopic (exact) mass is 255 g/mol. The van der Waals surface area contributed by atoms with Crippen LogP contribution in [0.2, 0.25) is 0 Å². The number of hydrogen-bond acceptors (Lipinski definition) is 1. The van der Waals surface area contributed by atoms with E-state index in [9.17, 15) is 13.9 Å². The Bertz CT molecular complexity index is 422. The molecule has 0 spiro atoms. The number of aliphatic hydroxyl groups is 1. The second kappa shape index (κ2) is 5.75. The number of benzene rings is 2. The van der Waals surface area contributed by atoms with Crippen LogP contribution in [0.3, 0.4) is 0 Å². The topological polar surface area (TPSA) is 20.2 Å². The first-order valence-corrected chi connectivity index (χ1v) is 4.86. The summed E-state index contributed by atoms with van der Waals surface area (Å²) in [6.45, 7) is 0. The summed E-state index contributed by atoms with van der Waals surface area (Å²) in [4.78, 5) is 0. The molecule has 0 aromatic heterocycles. The van der Waals surface area contributed by atoms with E-state index < -0.39 is 6.10 Å². The van der Waals surface area contributed by atoms with Gasteiger partial charge in [-0.1, -0.05) is 24.3 Å². The van der Waals surface area contributed by atoms with E-state index in [-0.39, 0.29) is 24.0 Å². The molecule has 0 heterocycles. The zero-order valence-corrected chi connectivity index (χ0v) is 9.53. The van der Waals surface area contributed by atoms with Gasteiger partial charge in [0.05, 0.1) is 0 Å². The van der Waals surface area contributed by atoms with Crippen molar-refractivity contribution in [2.75, 3.05) is 0 Å². The average Bonchev–Trinajstić information content (AvgIpc) is 2.30. The molecule has 4 heteroatoms. The highest BCUT2D eigenvalue weighted by Gasteiger charge is 2.09. The fourth-order valence-corrected chi connectivity index (χ4v) is 1.48. The first-order chi connectivity index (χ1) is 7.66. The molecule has 0 unspecified atom stereocenters. The van der Waals surface area contributed by atoms with Crippen LogP contribution in [0.25, 0.3) is 0 Å². The Morgan fingerprint density at radius 2 is 1.00 bits per heavy atom. The van der Waals surface area contributed by atoms with E-state index in [0.717, 1.165) is 0 Å². The molecule has 0 fully saturated rings. The van der Waals surface area contributed by atoms with Gasteiger partial charge in [0, 0.05) is 0 Å². The minimum atomic E-state index is -0.860. The molecular weight excluding hydrogens is 246 g/mol. The van der Waals surface area contributed by atoms with Crippen LogP contribution in [-0.2, 0) is 0 Å². The van der Waals surface area contributed by atoms with Gasteiger partial charge < -0.3 is 17.5 Å². The summed E-state index contributed by atoms with van der Waals surface area (Å²) in [6, 6.07) is 11.1. The van der Waals surface area contributed by atoms with Crippen molar-refractivity contribution >= 4 is 0 Å². The summed E-state index contributed by atoms with van der Waals surface area (Å²) in [5.74, 6) is -0.704. The minimum Gasteiger partial charge on any atom is -1.00 e. The van der Waals surface area contributed by atoms with Crippen LogP contribution in [0.4, 0.5) is 8.78 Å². The van der Waals surface area contributed by atoms with Gasteiger partial charge in [-0.05, 0) is 35.4 Å². The maximum atomic E-state index is 12.7. The van der Waals surface area contributed by atoms with E-state index in [1.165, 1.54) is 48.5 Å². The number of aliphatic hydroxyl groups excluding tert-OH is 1. The summed E-state index contributed by atoms with van der Waals surface area (Å²) in [7, 11) is 0. The molecule has 1 N–H and O–H groups in total. The van der Waals surface area contributed by atoms with Gasteiger partial charge in [0.1, 0.15) is 17.7 Å². The largest absolute Gasteiger partial charge is 1.00 e. The highest BCUT2D eigenvalue weighted by Crippen LogP contribution is 2.22. The van der Waals surface area contributed by atoms with Crippen molar-refractivity contribution < 1.29 is 26.3 Å². The maximum Gasteiger partial charge on any atom is 0.123 e. The van der Waals surface area contributed by atoms with E-state index in [1.807, 2.05) is 0 Å². The number of rotatable bonds is 2. The molecule has 0 saturated heterocycles. The van der Waals surface area contributed by atoms with Gasteiger partial charge in [-0.3, -0.25) is 0 Å². The van der Waals surface area contributed by atoms with Crippen molar-refractivity contribution in [3.8, 4) is 0 Å². The predicted molar refractivity (Wildman–Crippen MR) is 56.9 cm³/mol. The predicted octanol–water partition coefficient (Wildman–Crippen LogP) is 0.0505. The third kappa shape index (κ3) is 3.25. The van der Waals surface area contributed by atoms with Gasteiger partial charge in [0.15, 0.2) is 0 Å². The highest BCUT2D eigenvalue weighted by atomic mass is 35.5. The Morgan fingerprint density at radius 3 is 1.29 bits per heavy atom. The number of halogens is 3. The summed E-state index contributed by atoms with van der Waals surface area (Å²) in [5.41, 5.74) is 1.15. The highest BCUT2D eigenvalue weighted by molar-refractivity contribution is 5.29. The standard InChI is InChI=1S/C13H10F2O.ClH/c14-11-5-1-9(2-6-11)13(16)10-3-7-12(15)8-4-10;/h1-8,13,16H;1H/p-1. The van der Waals surface area contributed by atoms with Gasteiger partial charge in [-0.2, -0.15) is 0 Å². The molecule has 0 radical (unpaired) electrons. The van der Waals surface area contributed by atoms with Crippen LogP contribution in [0.5, 0.6) is 0 Å². The molecule has 0 aliphatic carbocycles. The Kier molecular flexibility index (Phi) is 4.61. The van der Waals surface area contributed by atoms with E-state index in [0.29, 0.717) is 11.1 Å². The average molecular weight is 256 g/mol. The lowest BCUT2D eigenvalue weighted by atomic mass is 10.0. The lowest BCUT2D eigenvalue weighted by Gasteiger charge is -2.11. The van der Waals surface area contributed by atoms with Crippen LogP contribution in [0, 0.1) is 11.6 Å². The third-order valence-electron chi connectivity index (χ3n) is 2.37. The van der Waals surface area contributed by atoms with Gasteiger partial charge in [-0.25, -0.2) is 8.78 Å². The van der Waals surface area contributed by atoms with E-state index in [4.69, 9.17) is 0 Å². The molecule has 0 saturated carbocycles. The molecule has 90 valence electrons. The Labute approximate surface area is 104 Å². The lowest BCUT2D eigenvalue weighted by Crippen LogP contribution is -3.00. The quantitative estimate of drug-likeness (QED) is 0.804. The first kappa shape index (κ1) is 13.6. The van der Waals surface area contributed by atoms with Crippen molar-refractivity contribution in [1.82, 2.24) is 0 Å². The zero-order chi connectivity index (χ0) is 11.5. The molecule has 2 aromatic rings. The second-order valence-corrected chi connectivity index (χ2v) is 3.51. The summed E-state index contributed by atoms with van der Waals surface area (Å²) in [6.07, 6.45) is -0.860. The molecule has 0 aliphatic rings. The second-order valence-electron chi connectivity index (χ2n) is 3.51. The summed E-state index contributed by atoms with van der Waals surface area (Å²) >= 11 is 0. The Balaban J connectivity index is 0.00000144. The van der Waals surface area contributed by atoms with E-state index >= 15 is 0 Å². The van der Waals surface area contributed by atoms with Gasteiger partial charge in [-0.15, -0.1) is 0 Å². The fourth-order valence-electron chi connectivity index (χ4n) is 1.48.